The summed E-state index contributed by atoms with van der Waals surface area (Å²) in [4.78, 5) is 31.4. The largest absolute Gasteiger partial charge is 0.395 e. The average Bonchev–Trinajstić information content (AvgIpc) is 3.36. The van der Waals surface area contributed by atoms with Crippen LogP contribution in [0.3, 0.4) is 0 Å². The Morgan fingerprint density at radius 3 is 2.32 bits per heavy atom. The highest BCUT2D eigenvalue weighted by Crippen LogP contribution is 2.58. The summed E-state index contributed by atoms with van der Waals surface area (Å²) in [7, 11) is 0. The van der Waals surface area contributed by atoms with E-state index < -0.39 is 29.2 Å². The van der Waals surface area contributed by atoms with Gasteiger partial charge in [-0.25, -0.2) is 4.39 Å². The monoisotopic (exact) mass is 670 g/mol. The molecule has 0 saturated carbocycles. The predicted molar refractivity (Wildman–Crippen MR) is 165 cm³/mol. The number of benzene rings is 3. The van der Waals surface area contributed by atoms with Crippen LogP contribution in [0.1, 0.15) is 43.9 Å². The molecule has 1 saturated heterocycles. The lowest BCUT2D eigenvalue weighted by atomic mass is 9.71. The number of hydrogen-bond acceptors (Lipinski definition) is 4. The lowest BCUT2D eigenvalue weighted by Crippen LogP contribution is -2.45. The molecule has 0 aromatic heterocycles. The first kappa shape index (κ1) is 29.7. The average molecular weight is 671 g/mol. The second kappa shape index (κ2) is 11.8. The molecule has 0 bridgehead atoms. The number of anilines is 1. The van der Waals surface area contributed by atoms with Crippen molar-refractivity contribution in [2.75, 3.05) is 18.1 Å². The van der Waals surface area contributed by atoms with E-state index in [-0.39, 0.29) is 31.4 Å². The fraction of sp³-hybridized carbons (Fsp3) is 0.394. The quantitative estimate of drug-likeness (QED) is 0.291. The maximum absolute atomic E-state index is 16.0. The summed E-state index contributed by atoms with van der Waals surface area (Å²) >= 11 is 2.22. The number of ether oxygens (including phenoxy) is 1. The van der Waals surface area contributed by atoms with Crippen molar-refractivity contribution in [1.29, 1.82) is 0 Å². The van der Waals surface area contributed by atoms with Crippen molar-refractivity contribution < 1.29 is 23.8 Å². The lowest BCUT2D eigenvalue weighted by Gasteiger charge is -2.32. The predicted octanol–water partition coefficient (Wildman–Crippen LogP) is 5.84. The Bertz CT molecular complexity index is 1400. The van der Waals surface area contributed by atoms with Crippen LogP contribution in [0.15, 0.2) is 78.9 Å². The van der Waals surface area contributed by atoms with Gasteiger partial charge in [0.25, 0.3) is 5.91 Å². The van der Waals surface area contributed by atoms with Crippen molar-refractivity contribution in [2.45, 2.75) is 57.7 Å². The molecule has 216 valence electrons. The van der Waals surface area contributed by atoms with Gasteiger partial charge in [-0.1, -0.05) is 67.6 Å². The molecule has 1 fully saturated rings. The molecule has 0 unspecified atom stereocenters. The molecule has 3 aromatic rings. The van der Waals surface area contributed by atoms with Gasteiger partial charge in [0.1, 0.15) is 5.67 Å². The van der Waals surface area contributed by atoms with Gasteiger partial charge in [-0.15, -0.1) is 0 Å². The van der Waals surface area contributed by atoms with Gasteiger partial charge in [-0.3, -0.25) is 9.59 Å². The van der Waals surface area contributed by atoms with Gasteiger partial charge in [-0.05, 0) is 65.8 Å². The van der Waals surface area contributed by atoms with Crippen LogP contribution in [0.4, 0.5) is 10.1 Å². The van der Waals surface area contributed by atoms with Crippen molar-refractivity contribution in [1.82, 2.24) is 4.90 Å². The summed E-state index contributed by atoms with van der Waals surface area (Å²) in [6.45, 7) is 5.51. The van der Waals surface area contributed by atoms with Gasteiger partial charge in [0.2, 0.25) is 5.91 Å². The first-order valence-electron chi connectivity index (χ1n) is 14.0. The second-order valence-electron chi connectivity index (χ2n) is 11.5. The molecule has 2 amide bonds. The van der Waals surface area contributed by atoms with Gasteiger partial charge in [0.05, 0.1) is 31.4 Å². The molecular weight excluding hydrogens is 634 g/mol. The Morgan fingerprint density at radius 2 is 1.71 bits per heavy atom. The van der Waals surface area contributed by atoms with Crippen molar-refractivity contribution in [3.63, 3.8) is 0 Å². The van der Waals surface area contributed by atoms with Gasteiger partial charge in [0.15, 0.2) is 5.60 Å². The number of nitrogens with zero attached hydrogens (tertiary/aromatic N) is 2. The highest BCUT2D eigenvalue weighted by molar-refractivity contribution is 14.1. The van der Waals surface area contributed by atoms with Crippen molar-refractivity contribution >= 4 is 40.1 Å². The van der Waals surface area contributed by atoms with E-state index in [1.807, 2.05) is 85.8 Å². The molecule has 3 aromatic carbocycles. The topological polar surface area (TPSA) is 70.1 Å². The molecule has 2 aliphatic heterocycles. The van der Waals surface area contributed by atoms with Crippen LogP contribution in [-0.4, -0.2) is 46.7 Å². The van der Waals surface area contributed by atoms with Crippen LogP contribution in [0, 0.1) is 15.4 Å². The van der Waals surface area contributed by atoms with E-state index in [1.54, 1.807) is 9.80 Å². The van der Waals surface area contributed by atoms with E-state index in [0.29, 0.717) is 13.1 Å². The number of carbonyl (C=O) groups excluding carboxylic acids is 2. The number of aliphatic hydroxyl groups is 1. The third kappa shape index (κ3) is 5.66. The Kier molecular flexibility index (Phi) is 8.55. The maximum Gasteiger partial charge on any atom is 0.264 e. The Hall–Kier alpha value is -2.82. The van der Waals surface area contributed by atoms with Gasteiger partial charge in [0, 0.05) is 34.1 Å². The molecule has 0 radical (unpaired) electrons. The van der Waals surface area contributed by atoms with Gasteiger partial charge < -0.3 is 19.6 Å². The third-order valence-corrected chi connectivity index (χ3v) is 9.09. The molecule has 6 nitrogen and oxygen atoms in total. The number of amides is 2. The molecule has 1 spiro atoms. The van der Waals surface area contributed by atoms with Crippen LogP contribution in [0.2, 0.25) is 0 Å². The summed E-state index contributed by atoms with van der Waals surface area (Å²) < 4.78 is 23.7. The summed E-state index contributed by atoms with van der Waals surface area (Å²) in [5, 5.41) is 9.70. The second-order valence-corrected chi connectivity index (χ2v) is 12.8. The van der Waals surface area contributed by atoms with E-state index in [9.17, 15) is 14.7 Å². The minimum Gasteiger partial charge on any atom is -0.395 e. The standard InChI is InChI=1S/C33H36FIN2O4/c1-22-30(32(2,3)34)28(19-29(39)36(16-17-38)20-23-10-6-4-7-11-23)41-33(22)26-18-25(35)14-15-27(26)37(31(33)40)21-24-12-8-5-9-13-24/h4-15,18,22,28,30,38H,16-17,19-21H2,1-3H3/t22-,28+,30-,33+/m1/s1. The van der Waals surface area contributed by atoms with E-state index >= 15 is 4.39 Å². The smallest absolute Gasteiger partial charge is 0.264 e. The minimum atomic E-state index is -1.72. The minimum absolute atomic E-state index is 0.0951. The van der Waals surface area contributed by atoms with Crippen molar-refractivity contribution in [2.24, 2.45) is 11.8 Å². The number of alkyl halides is 1. The normalized spacial score (nSPS) is 23.7. The summed E-state index contributed by atoms with van der Waals surface area (Å²) in [6.07, 6.45) is -0.928. The number of aliphatic hydroxyl groups excluding tert-OH is 1. The van der Waals surface area contributed by atoms with Crippen LogP contribution in [0.25, 0.3) is 0 Å². The molecule has 2 aliphatic rings. The molecule has 4 atom stereocenters. The van der Waals surface area contributed by atoms with Crippen molar-refractivity contribution in [3.05, 3.63) is 99.1 Å². The number of fused-ring (bicyclic) bond motifs is 2. The molecule has 5 rings (SSSR count). The number of halogens is 2. The lowest BCUT2D eigenvalue weighted by molar-refractivity contribution is -0.150. The summed E-state index contributed by atoms with van der Waals surface area (Å²) in [6, 6.07) is 25.1. The van der Waals surface area contributed by atoms with E-state index in [0.717, 1.165) is 25.9 Å². The molecule has 41 heavy (non-hydrogen) atoms. The molecule has 2 heterocycles. The van der Waals surface area contributed by atoms with E-state index in [4.69, 9.17) is 4.74 Å². The number of carbonyl (C=O) groups is 2. The van der Waals surface area contributed by atoms with Crippen LogP contribution < -0.4 is 4.90 Å². The fourth-order valence-corrected chi connectivity index (χ4v) is 7.15. The third-order valence-electron chi connectivity index (χ3n) is 8.42. The SMILES string of the molecule is C[C@@H]1[C@@H](C(C)(C)F)[C@H](CC(=O)N(CCO)Cc2ccccc2)O[C@@]12C(=O)N(Cc1ccccc1)c1ccc(I)cc12. The van der Waals surface area contributed by atoms with Gasteiger partial charge in [-0.2, -0.15) is 0 Å². The van der Waals surface area contributed by atoms with Crippen LogP contribution >= 0.6 is 22.6 Å². The zero-order valence-electron chi connectivity index (χ0n) is 23.6. The molecule has 0 aliphatic carbocycles. The highest BCUT2D eigenvalue weighted by atomic mass is 127. The zero-order chi connectivity index (χ0) is 29.4. The van der Waals surface area contributed by atoms with E-state index in [2.05, 4.69) is 22.6 Å². The zero-order valence-corrected chi connectivity index (χ0v) is 25.8. The maximum atomic E-state index is 16.0. The molecular formula is C33H36FIN2O4. The summed E-state index contributed by atoms with van der Waals surface area (Å²) in [5.41, 5.74) is 0.246. The number of hydrogen-bond donors (Lipinski definition) is 1. The first-order chi connectivity index (χ1) is 19.6. The Balaban J connectivity index is 1.50. The van der Waals surface area contributed by atoms with Crippen LogP contribution in [-0.2, 0) is 33.0 Å². The van der Waals surface area contributed by atoms with E-state index in [1.165, 1.54) is 13.8 Å². The Morgan fingerprint density at radius 1 is 1.07 bits per heavy atom. The molecule has 8 heteroatoms. The summed E-state index contributed by atoms with van der Waals surface area (Å²) in [5.74, 6) is -1.73. The van der Waals surface area contributed by atoms with Gasteiger partial charge >= 0.3 is 0 Å². The Labute approximate surface area is 254 Å². The fourth-order valence-electron chi connectivity index (χ4n) is 6.66. The highest BCUT2D eigenvalue weighted by Gasteiger charge is 2.66. The first-order valence-corrected chi connectivity index (χ1v) is 15.1. The number of rotatable bonds is 9. The van der Waals surface area contributed by atoms with Crippen molar-refractivity contribution in [3.8, 4) is 0 Å². The molecule has 1 N–H and O–H groups in total. The van der Waals surface area contributed by atoms with Crippen LogP contribution in [0.5, 0.6) is 0 Å².